The van der Waals surface area contributed by atoms with Crippen molar-refractivity contribution >= 4 is 27.7 Å². The number of carbonyl (C=O) groups excluding carboxylic acids is 1. The molecule has 0 fully saturated rings. The second-order valence-electron chi connectivity index (χ2n) is 8.94. The van der Waals surface area contributed by atoms with Gasteiger partial charge in [-0.15, -0.1) is 0 Å². The molecule has 1 heterocycles. The number of nitrogens with one attached hydrogen (secondary N) is 2. The van der Waals surface area contributed by atoms with Crippen LogP contribution in [-0.4, -0.2) is 55.9 Å². The number of amides is 1. The second-order valence-corrected chi connectivity index (χ2v) is 9.79. The third-order valence-electron chi connectivity index (χ3n) is 6.17. The van der Waals surface area contributed by atoms with Gasteiger partial charge >= 0.3 is 0 Å². The van der Waals surface area contributed by atoms with Gasteiger partial charge < -0.3 is 19.3 Å². The highest BCUT2D eigenvalue weighted by atomic mass is 79.9. The summed E-state index contributed by atoms with van der Waals surface area (Å²) in [4.78, 5) is 18.4. The van der Waals surface area contributed by atoms with E-state index in [0.29, 0.717) is 44.1 Å². The molecule has 0 bridgehead atoms. The Balaban J connectivity index is 1.47. The Morgan fingerprint density at radius 3 is 2.68 bits per heavy atom. The Bertz CT molecular complexity index is 1250. The zero-order chi connectivity index (χ0) is 26.8. The molecular formula is C29H32BrN3O5. The zero-order valence-electron chi connectivity index (χ0n) is 21.3. The van der Waals surface area contributed by atoms with E-state index in [1.807, 2.05) is 72.8 Å². The molecule has 3 aromatic carbocycles. The monoisotopic (exact) mass is 581 g/mol. The molecular weight excluding hydrogens is 550 g/mol. The maximum Gasteiger partial charge on any atom is 0.266 e. The summed E-state index contributed by atoms with van der Waals surface area (Å²) in [6.07, 6.45) is 1.65. The van der Waals surface area contributed by atoms with E-state index in [1.165, 1.54) is 0 Å². The first-order valence-electron chi connectivity index (χ1n) is 12.5. The number of ether oxygens (including phenoxy) is 3. The Hall–Kier alpha value is -3.40. The van der Waals surface area contributed by atoms with Gasteiger partial charge in [-0.1, -0.05) is 46.3 Å². The number of hydrogen-bond acceptors (Lipinski definition) is 7. The average Bonchev–Trinajstić information content (AvgIpc) is 3.38. The first-order chi connectivity index (χ1) is 18.5. The lowest BCUT2D eigenvalue weighted by molar-refractivity contribution is -0.127. The van der Waals surface area contributed by atoms with Gasteiger partial charge in [-0.05, 0) is 60.0 Å². The SMILES string of the molecule is COc1cccc(CCNNC(=O)[C@]2(Cc3ccccc3Br)COC(c3ccc(OCCCO)cc3)=N2)c1. The third kappa shape index (κ3) is 7.12. The molecule has 0 radical (unpaired) electrons. The quantitative estimate of drug-likeness (QED) is 0.209. The molecule has 1 amide bonds. The minimum atomic E-state index is -1.14. The van der Waals surface area contributed by atoms with Crippen molar-refractivity contribution in [3.63, 3.8) is 0 Å². The molecule has 0 spiro atoms. The zero-order valence-corrected chi connectivity index (χ0v) is 22.9. The molecule has 8 nitrogen and oxygen atoms in total. The van der Waals surface area contributed by atoms with Crippen LogP contribution >= 0.6 is 15.9 Å². The van der Waals surface area contributed by atoms with E-state index in [4.69, 9.17) is 24.3 Å². The molecule has 0 aromatic heterocycles. The van der Waals surface area contributed by atoms with E-state index in [9.17, 15) is 4.79 Å². The summed E-state index contributed by atoms with van der Waals surface area (Å²) in [5.41, 5.74) is 7.57. The van der Waals surface area contributed by atoms with Gasteiger partial charge in [0.1, 0.15) is 18.1 Å². The summed E-state index contributed by atoms with van der Waals surface area (Å²) >= 11 is 3.60. The Morgan fingerprint density at radius 1 is 1.11 bits per heavy atom. The van der Waals surface area contributed by atoms with Crippen molar-refractivity contribution in [2.45, 2.75) is 24.8 Å². The molecule has 1 atom stereocenters. The van der Waals surface area contributed by atoms with Crippen molar-refractivity contribution in [3.8, 4) is 11.5 Å². The van der Waals surface area contributed by atoms with Crippen LogP contribution in [0.25, 0.3) is 0 Å². The number of rotatable bonds is 13. The van der Waals surface area contributed by atoms with Crippen molar-refractivity contribution in [2.75, 3.05) is 33.5 Å². The van der Waals surface area contributed by atoms with E-state index in [-0.39, 0.29) is 19.1 Å². The van der Waals surface area contributed by atoms with Gasteiger partial charge in [0.05, 0.1) is 13.7 Å². The first kappa shape index (κ1) is 27.6. The Kier molecular flexibility index (Phi) is 9.75. The van der Waals surface area contributed by atoms with Gasteiger partial charge in [-0.3, -0.25) is 10.2 Å². The van der Waals surface area contributed by atoms with Crippen LogP contribution in [0.1, 0.15) is 23.1 Å². The molecule has 3 aromatic rings. The minimum absolute atomic E-state index is 0.0836. The highest BCUT2D eigenvalue weighted by Crippen LogP contribution is 2.30. The molecule has 9 heteroatoms. The Morgan fingerprint density at radius 2 is 1.92 bits per heavy atom. The lowest BCUT2D eigenvalue weighted by Gasteiger charge is -2.24. The molecule has 1 aliphatic heterocycles. The van der Waals surface area contributed by atoms with Gasteiger partial charge in [-0.25, -0.2) is 10.4 Å². The van der Waals surface area contributed by atoms with Crippen LogP contribution in [0, 0.1) is 0 Å². The van der Waals surface area contributed by atoms with Crippen LogP contribution in [0.5, 0.6) is 11.5 Å². The largest absolute Gasteiger partial charge is 0.497 e. The summed E-state index contributed by atoms with van der Waals surface area (Å²) in [5, 5.41) is 8.93. The van der Waals surface area contributed by atoms with Crippen LogP contribution in [0.3, 0.4) is 0 Å². The van der Waals surface area contributed by atoms with Crippen LogP contribution in [0.15, 0.2) is 82.3 Å². The second kappa shape index (κ2) is 13.4. The standard InChI is InChI=1S/C29H32BrN3O5/c1-36-25-8-4-6-21(18-25)14-15-31-33-28(35)29(19-23-7-2-3-9-26(23)30)20-38-27(32-29)22-10-12-24(13-11-22)37-17-5-16-34/h2-4,6-13,18,31,34H,5,14-17,19-20H2,1H3,(H,33,35)/t29-/m0/s1. The van der Waals surface area contributed by atoms with Crippen molar-refractivity contribution < 1.29 is 24.1 Å². The predicted molar refractivity (Wildman–Crippen MR) is 150 cm³/mol. The van der Waals surface area contributed by atoms with Crippen LogP contribution in [0.2, 0.25) is 0 Å². The maximum atomic E-state index is 13.5. The third-order valence-corrected chi connectivity index (χ3v) is 6.95. The van der Waals surface area contributed by atoms with Gasteiger partial charge in [0.2, 0.25) is 5.90 Å². The van der Waals surface area contributed by atoms with Crippen molar-refractivity contribution in [2.24, 2.45) is 4.99 Å². The number of aliphatic hydroxyl groups excluding tert-OH is 1. The van der Waals surface area contributed by atoms with E-state index in [1.54, 1.807) is 7.11 Å². The highest BCUT2D eigenvalue weighted by molar-refractivity contribution is 9.10. The molecule has 0 unspecified atom stereocenters. The maximum absolute atomic E-state index is 13.5. The van der Waals surface area contributed by atoms with Crippen molar-refractivity contribution in [1.29, 1.82) is 0 Å². The fraction of sp³-hybridized carbons (Fsp3) is 0.310. The smallest absolute Gasteiger partial charge is 0.266 e. The predicted octanol–water partition coefficient (Wildman–Crippen LogP) is 3.84. The molecule has 0 aliphatic carbocycles. The summed E-state index contributed by atoms with van der Waals surface area (Å²) in [6, 6.07) is 23.0. The number of hydrogen-bond donors (Lipinski definition) is 3. The van der Waals surface area contributed by atoms with Crippen LogP contribution in [0.4, 0.5) is 0 Å². The number of carbonyl (C=O) groups is 1. The molecule has 38 heavy (non-hydrogen) atoms. The van der Waals surface area contributed by atoms with Gasteiger partial charge in [-0.2, -0.15) is 0 Å². The van der Waals surface area contributed by atoms with Gasteiger partial charge in [0.15, 0.2) is 5.54 Å². The highest BCUT2D eigenvalue weighted by Gasteiger charge is 2.45. The molecule has 0 saturated heterocycles. The summed E-state index contributed by atoms with van der Waals surface area (Å²) < 4.78 is 17.8. The minimum Gasteiger partial charge on any atom is -0.497 e. The van der Waals surface area contributed by atoms with Gasteiger partial charge in [0.25, 0.3) is 5.91 Å². The van der Waals surface area contributed by atoms with Crippen molar-refractivity contribution in [3.05, 3.63) is 94.0 Å². The number of aliphatic imine (C=N–C) groups is 1. The lowest BCUT2D eigenvalue weighted by atomic mass is 9.91. The molecule has 3 N–H and O–H groups in total. The molecule has 200 valence electrons. The van der Waals surface area contributed by atoms with Crippen LogP contribution < -0.4 is 20.3 Å². The fourth-order valence-corrected chi connectivity index (χ4v) is 4.51. The van der Waals surface area contributed by atoms with Crippen LogP contribution in [-0.2, 0) is 22.4 Å². The van der Waals surface area contributed by atoms with E-state index >= 15 is 0 Å². The first-order valence-corrected chi connectivity index (χ1v) is 13.3. The van der Waals surface area contributed by atoms with E-state index in [2.05, 4.69) is 26.8 Å². The Labute approximate surface area is 231 Å². The molecule has 4 rings (SSSR count). The number of nitrogens with zero attached hydrogens (tertiary/aromatic N) is 1. The number of aliphatic hydroxyl groups is 1. The summed E-state index contributed by atoms with van der Waals surface area (Å²) in [7, 11) is 1.64. The average molecular weight is 582 g/mol. The normalized spacial score (nSPS) is 16.4. The van der Waals surface area contributed by atoms with E-state index in [0.717, 1.165) is 26.9 Å². The summed E-state index contributed by atoms with van der Waals surface area (Å²) in [6.45, 7) is 1.18. The summed E-state index contributed by atoms with van der Waals surface area (Å²) in [5.74, 6) is 1.63. The number of methoxy groups -OCH3 is 1. The number of benzene rings is 3. The fourth-order valence-electron chi connectivity index (χ4n) is 4.08. The topological polar surface area (TPSA) is 101 Å². The molecule has 1 aliphatic rings. The number of hydrazine groups is 1. The number of halogens is 1. The van der Waals surface area contributed by atoms with Gasteiger partial charge in [0, 0.05) is 36.0 Å². The van der Waals surface area contributed by atoms with E-state index < -0.39 is 5.54 Å². The molecule has 0 saturated carbocycles. The van der Waals surface area contributed by atoms with Crippen molar-refractivity contribution in [1.82, 2.24) is 10.9 Å². The lowest BCUT2D eigenvalue weighted by Crippen LogP contribution is -2.53.